The molecule has 2 fully saturated rings. The summed E-state index contributed by atoms with van der Waals surface area (Å²) in [4.78, 5) is 0. The number of ether oxygens (including phenoxy) is 2. The molecule has 7 nitrogen and oxygen atoms in total. The van der Waals surface area contributed by atoms with Crippen LogP contribution in [0.25, 0.3) is 0 Å². The lowest BCUT2D eigenvalue weighted by Gasteiger charge is -2.40. The first kappa shape index (κ1) is 23.2. The summed E-state index contributed by atoms with van der Waals surface area (Å²) < 4.78 is 11.7. The molecule has 0 aromatic heterocycles. The fourth-order valence-electron chi connectivity index (χ4n) is 4.56. The van der Waals surface area contributed by atoms with E-state index < -0.39 is 37.1 Å². The van der Waals surface area contributed by atoms with Crippen molar-refractivity contribution < 1.29 is 35.0 Å². The summed E-state index contributed by atoms with van der Waals surface area (Å²) >= 11 is 0. The van der Waals surface area contributed by atoms with Crippen molar-refractivity contribution in [2.24, 2.45) is 0 Å². The minimum Gasteiger partial charge on any atom is -0.490 e. The summed E-state index contributed by atoms with van der Waals surface area (Å²) in [5, 5.41) is 49.7. The van der Waals surface area contributed by atoms with Crippen molar-refractivity contribution in [1.82, 2.24) is 0 Å². The lowest BCUT2D eigenvalue weighted by atomic mass is 9.89. The third-order valence-corrected chi connectivity index (χ3v) is 6.57. The van der Waals surface area contributed by atoms with Crippen molar-refractivity contribution in [2.45, 2.75) is 75.3 Å². The van der Waals surface area contributed by atoms with Crippen LogP contribution in [0.4, 0.5) is 0 Å². The summed E-state index contributed by atoms with van der Waals surface area (Å²) in [7, 11) is 0. The molecule has 0 radical (unpaired) electrons. The zero-order chi connectivity index (χ0) is 22.8. The van der Waals surface area contributed by atoms with Gasteiger partial charge >= 0.3 is 0 Å². The molecule has 0 bridgehead atoms. The number of aliphatic hydroxyl groups is 5. The second-order valence-electron chi connectivity index (χ2n) is 8.96. The van der Waals surface area contributed by atoms with Crippen LogP contribution in [0.5, 0.6) is 5.75 Å². The zero-order valence-corrected chi connectivity index (χ0v) is 18.2. The van der Waals surface area contributed by atoms with Gasteiger partial charge in [0, 0.05) is 6.42 Å². The van der Waals surface area contributed by atoms with Crippen LogP contribution in [-0.4, -0.2) is 68.8 Å². The van der Waals surface area contributed by atoms with Gasteiger partial charge < -0.3 is 35.0 Å². The molecule has 5 N–H and O–H groups in total. The van der Waals surface area contributed by atoms with Gasteiger partial charge in [0.2, 0.25) is 0 Å². The van der Waals surface area contributed by atoms with Gasteiger partial charge in [-0.1, -0.05) is 30.3 Å². The lowest BCUT2D eigenvalue weighted by molar-refractivity contribution is -0.231. The summed E-state index contributed by atoms with van der Waals surface area (Å²) in [6.45, 7) is 1.56. The zero-order valence-electron chi connectivity index (χ0n) is 18.2. The largest absolute Gasteiger partial charge is 0.490 e. The number of rotatable bonds is 6. The maximum Gasteiger partial charge on any atom is 0.119 e. The summed E-state index contributed by atoms with van der Waals surface area (Å²) in [5.41, 5.74) is 3.91. The molecular formula is C25H32O7. The molecule has 0 spiro atoms. The van der Waals surface area contributed by atoms with E-state index in [1.54, 1.807) is 0 Å². The average Bonchev–Trinajstić information content (AvgIpc) is 3.20. The normalized spacial score (nSPS) is 32.8. The molecule has 0 amide bonds. The Labute approximate surface area is 187 Å². The number of hydrogen-bond donors (Lipinski definition) is 5. The second-order valence-corrected chi connectivity index (χ2v) is 8.96. The van der Waals surface area contributed by atoms with Crippen LogP contribution in [0.1, 0.15) is 47.6 Å². The van der Waals surface area contributed by atoms with Crippen molar-refractivity contribution in [3.8, 4) is 5.75 Å². The fourth-order valence-corrected chi connectivity index (χ4v) is 4.56. The Balaban J connectivity index is 1.47. The molecule has 0 unspecified atom stereocenters. The summed E-state index contributed by atoms with van der Waals surface area (Å²) in [6, 6.07) is 13.6. The van der Waals surface area contributed by atoms with E-state index in [0.29, 0.717) is 18.4 Å². The topological polar surface area (TPSA) is 120 Å². The first-order valence-corrected chi connectivity index (χ1v) is 11.2. The predicted octanol–water partition coefficient (Wildman–Crippen LogP) is 1.39. The molecule has 1 saturated heterocycles. The molecule has 1 aliphatic carbocycles. The van der Waals surface area contributed by atoms with E-state index in [2.05, 4.69) is 0 Å². The van der Waals surface area contributed by atoms with Crippen LogP contribution in [0.2, 0.25) is 0 Å². The highest BCUT2D eigenvalue weighted by Crippen LogP contribution is 2.33. The van der Waals surface area contributed by atoms with Gasteiger partial charge in [-0.05, 0) is 60.6 Å². The lowest BCUT2D eigenvalue weighted by Crippen LogP contribution is -2.55. The molecule has 174 valence electrons. The first-order valence-electron chi connectivity index (χ1n) is 11.2. The molecule has 2 aromatic rings. The molecule has 1 saturated carbocycles. The van der Waals surface area contributed by atoms with Crippen LogP contribution >= 0.6 is 0 Å². The Morgan fingerprint density at radius 2 is 1.69 bits per heavy atom. The highest BCUT2D eigenvalue weighted by molar-refractivity contribution is 5.38. The molecule has 1 aliphatic heterocycles. The van der Waals surface area contributed by atoms with Crippen LogP contribution in [-0.2, 0) is 11.2 Å². The van der Waals surface area contributed by atoms with Gasteiger partial charge in [-0.3, -0.25) is 0 Å². The molecule has 2 aromatic carbocycles. The molecule has 7 heteroatoms. The van der Waals surface area contributed by atoms with Gasteiger partial charge in [-0.15, -0.1) is 0 Å². The Hall–Kier alpha value is -2.00. The van der Waals surface area contributed by atoms with Crippen molar-refractivity contribution in [1.29, 1.82) is 0 Å². The second kappa shape index (κ2) is 9.87. The van der Waals surface area contributed by atoms with Gasteiger partial charge in [0.25, 0.3) is 0 Å². The third-order valence-electron chi connectivity index (χ3n) is 6.57. The summed E-state index contributed by atoms with van der Waals surface area (Å²) in [6.07, 6.45) is -3.06. The van der Waals surface area contributed by atoms with Crippen molar-refractivity contribution in [3.63, 3.8) is 0 Å². The van der Waals surface area contributed by atoms with Crippen molar-refractivity contribution >= 4 is 0 Å². The van der Waals surface area contributed by atoms with Gasteiger partial charge in [-0.25, -0.2) is 0 Å². The molecule has 1 heterocycles. The minimum absolute atomic E-state index is 0.0633. The quantitative estimate of drug-likeness (QED) is 0.457. The van der Waals surface area contributed by atoms with Crippen molar-refractivity contribution in [3.05, 3.63) is 64.7 Å². The summed E-state index contributed by atoms with van der Waals surface area (Å²) in [5.74, 6) is 0.791. The molecule has 2 aliphatic rings. The maximum atomic E-state index is 10.4. The van der Waals surface area contributed by atoms with Crippen LogP contribution in [0, 0.1) is 6.92 Å². The first-order chi connectivity index (χ1) is 15.4. The highest BCUT2D eigenvalue weighted by atomic mass is 16.5. The van der Waals surface area contributed by atoms with E-state index in [1.165, 1.54) is 0 Å². The van der Waals surface area contributed by atoms with E-state index in [-0.39, 0.29) is 12.2 Å². The Kier molecular flexibility index (Phi) is 7.14. The maximum absolute atomic E-state index is 10.4. The van der Waals surface area contributed by atoms with Crippen LogP contribution in [0.15, 0.2) is 42.5 Å². The van der Waals surface area contributed by atoms with Crippen LogP contribution < -0.4 is 4.74 Å². The molecular weight excluding hydrogens is 412 g/mol. The third kappa shape index (κ3) is 4.98. The average molecular weight is 445 g/mol. The SMILES string of the molecule is Cc1ccc([C@@H]2O[C@H](CO)[C@@H](O)[C@H](O)[C@H]2O)cc1Cc1ccc(O[C@@H]2CC[C@H](O)C2)cc1. The van der Waals surface area contributed by atoms with E-state index in [4.69, 9.17) is 9.47 Å². The van der Waals surface area contributed by atoms with Crippen molar-refractivity contribution in [2.75, 3.05) is 6.61 Å². The van der Waals surface area contributed by atoms with E-state index in [0.717, 1.165) is 35.3 Å². The van der Waals surface area contributed by atoms with Gasteiger partial charge in [-0.2, -0.15) is 0 Å². The van der Waals surface area contributed by atoms with E-state index >= 15 is 0 Å². The van der Waals surface area contributed by atoms with Crippen LogP contribution in [0.3, 0.4) is 0 Å². The molecule has 4 rings (SSSR count). The van der Waals surface area contributed by atoms with Gasteiger partial charge in [0.15, 0.2) is 0 Å². The Morgan fingerprint density at radius 1 is 0.938 bits per heavy atom. The Bertz CT molecular complexity index is 898. The molecule has 7 atom stereocenters. The minimum atomic E-state index is -1.40. The Morgan fingerprint density at radius 3 is 2.34 bits per heavy atom. The standard InChI is InChI=1S/C25H32O7/c1-14-2-5-16(25-24(30)23(29)22(28)21(13-26)32-25)11-17(14)10-15-3-7-19(8-4-15)31-20-9-6-18(27)12-20/h2-5,7-8,11,18,20-30H,6,9-10,12-13H2,1H3/t18-,20+,21+,22+,23-,24+,25-/m0/s1. The van der Waals surface area contributed by atoms with E-state index in [1.807, 2.05) is 49.4 Å². The highest BCUT2D eigenvalue weighted by Gasteiger charge is 2.44. The van der Waals surface area contributed by atoms with Gasteiger partial charge in [0.1, 0.15) is 42.4 Å². The number of hydrogen-bond acceptors (Lipinski definition) is 7. The monoisotopic (exact) mass is 444 g/mol. The number of aliphatic hydroxyl groups excluding tert-OH is 5. The predicted molar refractivity (Wildman–Crippen MR) is 117 cm³/mol. The number of aryl methyl sites for hydroxylation is 1. The van der Waals surface area contributed by atoms with Gasteiger partial charge in [0.05, 0.1) is 12.7 Å². The number of benzene rings is 2. The fraction of sp³-hybridized carbons (Fsp3) is 0.520. The molecule has 32 heavy (non-hydrogen) atoms. The van der Waals surface area contributed by atoms with E-state index in [9.17, 15) is 25.5 Å². The smallest absolute Gasteiger partial charge is 0.119 e.